The first-order valence-electron chi connectivity index (χ1n) is 13.5. The van der Waals surface area contributed by atoms with Crippen molar-refractivity contribution in [3.05, 3.63) is 81.9 Å². The molecule has 6 heteroatoms. The van der Waals surface area contributed by atoms with Crippen molar-refractivity contribution in [3.63, 3.8) is 0 Å². The maximum atomic E-state index is 14.1. The van der Waals surface area contributed by atoms with Crippen LogP contribution in [-0.4, -0.2) is 28.2 Å². The topological polar surface area (TPSA) is 52.6 Å². The number of allylic oxidation sites excluding steroid dienone is 2. The molecule has 0 atom stereocenters. The van der Waals surface area contributed by atoms with Crippen LogP contribution in [0.1, 0.15) is 73.4 Å². The van der Waals surface area contributed by atoms with E-state index in [1.807, 2.05) is 48.5 Å². The Balaban J connectivity index is 2.10. The van der Waals surface area contributed by atoms with Crippen LogP contribution in [0, 0.1) is 0 Å². The molecule has 2 aromatic rings. The van der Waals surface area contributed by atoms with E-state index in [2.05, 4.69) is 41.5 Å². The fourth-order valence-corrected chi connectivity index (χ4v) is 10.7. The molecule has 0 saturated heterocycles. The first-order valence-corrected chi connectivity index (χ1v) is 18.6. The molecule has 0 heterocycles. The third kappa shape index (κ3) is 4.14. The van der Waals surface area contributed by atoms with Gasteiger partial charge in [-0.25, -0.2) is 0 Å². The Labute approximate surface area is 217 Å². The highest BCUT2D eigenvalue weighted by Crippen LogP contribution is 2.47. The monoisotopic (exact) mass is 518 g/mol. The van der Waals surface area contributed by atoms with Crippen molar-refractivity contribution in [2.75, 3.05) is 0 Å². The van der Waals surface area contributed by atoms with Crippen molar-refractivity contribution in [1.29, 1.82) is 0 Å². The van der Waals surface area contributed by atoms with Crippen LogP contribution in [0.2, 0.25) is 36.3 Å². The van der Waals surface area contributed by atoms with Crippen LogP contribution in [0.3, 0.4) is 0 Å². The number of benzene rings is 2. The Hall–Kier alpha value is -2.71. The van der Waals surface area contributed by atoms with Crippen LogP contribution < -0.4 is 0 Å². The van der Waals surface area contributed by atoms with Crippen LogP contribution >= 0.6 is 0 Å². The van der Waals surface area contributed by atoms with E-state index in [0.717, 1.165) is 47.4 Å². The molecule has 2 aromatic carbocycles. The van der Waals surface area contributed by atoms with Crippen molar-refractivity contribution in [3.8, 4) is 0 Å². The van der Waals surface area contributed by atoms with Gasteiger partial charge in [-0.1, -0.05) is 90.1 Å². The second-order valence-electron chi connectivity index (χ2n) is 9.85. The maximum absolute atomic E-state index is 14.1. The van der Waals surface area contributed by atoms with Gasteiger partial charge in [0.2, 0.25) is 0 Å². The molecule has 2 aliphatic carbocycles. The second-order valence-corrected chi connectivity index (χ2v) is 19.2. The molecule has 0 aromatic heterocycles. The van der Waals surface area contributed by atoms with Crippen molar-refractivity contribution < 1.29 is 18.4 Å². The van der Waals surface area contributed by atoms with Crippen LogP contribution in [0.15, 0.2) is 59.7 Å². The molecule has 0 saturated carbocycles. The van der Waals surface area contributed by atoms with Gasteiger partial charge in [-0.2, -0.15) is 0 Å². The predicted molar refractivity (Wildman–Crippen MR) is 152 cm³/mol. The molecule has 0 aliphatic heterocycles. The Kier molecular flexibility index (Phi) is 7.57. The summed E-state index contributed by atoms with van der Waals surface area (Å²) in [6.45, 7) is 13.1. The molecule has 0 radical (unpaired) electrons. The smallest absolute Gasteiger partial charge is 0.250 e. The van der Waals surface area contributed by atoms with E-state index in [0.29, 0.717) is 33.8 Å². The van der Waals surface area contributed by atoms with Gasteiger partial charge < -0.3 is 8.85 Å². The number of rotatable bonds is 10. The summed E-state index contributed by atoms with van der Waals surface area (Å²) in [4.78, 5) is 28.3. The predicted octanol–water partition coefficient (Wildman–Crippen LogP) is 8.25. The van der Waals surface area contributed by atoms with E-state index in [1.54, 1.807) is 0 Å². The molecule has 0 fully saturated rings. The number of carbonyl (C=O) groups excluding carboxylic acids is 2. The lowest BCUT2D eigenvalue weighted by Gasteiger charge is -2.38. The van der Waals surface area contributed by atoms with Gasteiger partial charge in [-0.15, -0.1) is 0 Å². The summed E-state index contributed by atoms with van der Waals surface area (Å²) in [5, 5.41) is 0. The average molecular weight is 519 g/mol. The molecule has 0 unspecified atom stereocenters. The highest BCUT2D eigenvalue weighted by atomic mass is 28.4. The zero-order chi connectivity index (χ0) is 26.1. The standard InChI is InChI=1S/C30H38O4Si2/c1-7-35(8-2,9-3)33-29-23-19-15-13-17-21(23)28(32)26-25(29)27(31)22-18-14-16-20-24(22)30(26)34-36(10-4,11-5)12-6/h13-20H,7-12H2,1-6H3. The molecule has 0 bridgehead atoms. The second kappa shape index (κ2) is 10.3. The van der Waals surface area contributed by atoms with Gasteiger partial charge in [0.25, 0.3) is 16.6 Å². The lowest BCUT2D eigenvalue weighted by atomic mass is 9.76. The number of Topliss-reactive ketones (excluding diaryl/α,β-unsaturated/α-hetero) is 2. The van der Waals surface area contributed by atoms with Crippen molar-refractivity contribution in [2.45, 2.75) is 77.8 Å². The molecule has 0 N–H and O–H groups in total. The molecule has 0 spiro atoms. The van der Waals surface area contributed by atoms with E-state index in [1.165, 1.54) is 0 Å². The van der Waals surface area contributed by atoms with Gasteiger partial charge >= 0.3 is 0 Å². The fraction of sp³-hybridized carbons (Fsp3) is 0.400. The van der Waals surface area contributed by atoms with Crippen molar-refractivity contribution in [1.82, 2.24) is 0 Å². The minimum absolute atomic E-state index is 0.145. The fourth-order valence-electron chi connectivity index (χ4n) is 5.54. The van der Waals surface area contributed by atoms with Gasteiger partial charge in [-0.05, 0) is 36.3 Å². The zero-order valence-electron chi connectivity index (χ0n) is 22.5. The molecule has 4 nitrogen and oxygen atoms in total. The minimum Gasteiger partial charge on any atom is -0.543 e. The minimum atomic E-state index is -2.16. The molecule has 36 heavy (non-hydrogen) atoms. The van der Waals surface area contributed by atoms with E-state index in [9.17, 15) is 9.59 Å². The molecule has 190 valence electrons. The average Bonchev–Trinajstić information content (AvgIpc) is 2.94. The first-order chi connectivity index (χ1) is 17.3. The molecular weight excluding hydrogens is 480 g/mol. The van der Waals surface area contributed by atoms with Crippen LogP contribution in [0.25, 0.3) is 11.5 Å². The van der Waals surface area contributed by atoms with Crippen LogP contribution in [0.4, 0.5) is 0 Å². The van der Waals surface area contributed by atoms with Crippen LogP contribution in [-0.2, 0) is 8.85 Å². The van der Waals surface area contributed by atoms with Gasteiger partial charge in [0.15, 0.2) is 11.6 Å². The Bertz CT molecular complexity index is 1140. The first kappa shape index (κ1) is 26.4. The number of ketones is 2. The summed E-state index contributed by atoms with van der Waals surface area (Å²) in [5.74, 6) is 0.868. The van der Waals surface area contributed by atoms with Gasteiger partial charge in [-0.3, -0.25) is 9.59 Å². The van der Waals surface area contributed by atoms with Gasteiger partial charge in [0.1, 0.15) is 11.5 Å². The van der Waals surface area contributed by atoms with Gasteiger partial charge in [0, 0.05) is 22.3 Å². The third-order valence-corrected chi connectivity index (χ3v) is 17.5. The molecule has 2 aliphatic rings. The maximum Gasteiger partial charge on any atom is 0.250 e. The largest absolute Gasteiger partial charge is 0.543 e. The zero-order valence-corrected chi connectivity index (χ0v) is 24.5. The summed E-state index contributed by atoms with van der Waals surface area (Å²) in [6, 6.07) is 20.8. The quantitative estimate of drug-likeness (QED) is 0.297. The molecular formula is C30H38O4Si2. The Morgan fingerprint density at radius 3 is 1.06 bits per heavy atom. The lowest BCUT2D eigenvalue weighted by Crippen LogP contribution is -2.39. The molecule has 4 rings (SSSR count). The normalized spacial score (nSPS) is 15.5. The number of hydrogen-bond donors (Lipinski definition) is 0. The third-order valence-electron chi connectivity index (χ3n) is 8.49. The highest BCUT2D eigenvalue weighted by molar-refractivity contribution is 6.75. The summed E-state index contributed by atoms with van der Waals surface area (Å²) in [7, 11) is -4.32. The molecule has 0 amide bonds. The number of hydrogen-bond acceptors (Lipinski definition) is 4. The number of carbonyl (C=O) groups is 2. The SMILES string of the molecule is CC[Si](CC)(CC)OC1=C2C(=O)c3ccccc3C(O[Si](CC)(CC)CC)=C2C(=O)c2ccccc21. The van der Waals surface area contributed by atoms with Crippen molar-refractivity contribution >= 4 is 39.7 Å². The summed E-state index contributed by atoms with van der Waals surface area (Å²) in [5.41, 5.74) is 3.41. The highest BCUT2D eigenvalue weighted by Gasteiger charge is 2.45. The lowest BCUT2D eigenvalue weighted by molar-refractivity contribution is 0.0988. The van der Waals surface area contributed by atoms with Crippen molar-refractivity contribution in [2.24, 2.45) is 0 Å². The number of fused-ring (bicyclic) bond motifs is 3. The Morgan fingerprint density at radius 1 is 0.500 bits per heavy atom. The van der Waals surface area contributed by atoms with Crippen LogP contribution in [0.5, 0.6) is 0 Å². The summed E-state index contributed by atoms with van der Waals surface area (Å²) < 4.78 is 14.0. The van der Waals surface area contributed by atoms with Gasteiger partial charge in [0.05, 0.1) is 11.1 Å². The van der Waals surface area contributed by atoms with E-state index in [4.69, 9.17) is 8.85 Å². The van der Waals surface area contributed by atoms with E-state index < -0.39 is 16.6 Å². The Morgan fingerprint density at radius 2 is 0.778 bits per heavy atom. The summed E-state index contributed by atoms with van der Waals surface area (Å²) in [6.07, 6.45) is 0. The van der Waals surface area contributed by atoms with E-state index >= 15 is 0 Å². The van der Waals surface area contributed by atoms with E-state index in [-0.39, 0.29) is 11.6 Å². The summed E-state index contributed by atoms with van der Waals surface area (Å²) >= 11 is 0.